The summed E-state index contributed by atoms with van der Waals surface area (Å²) in [7, 11) is 2.15. The Balaban J connectivity index is 2.00. The first-order chi connectivity index (χ1) is 7.59. The Morgan fingerprint density at radius 2 is 2.00 bits per heavy atom. The number of rotatable bonds is 2. The highest BCUT2D eigenvalue weighted by atomic mass is 16.5. The number of ether oxygens (including phenoxy) is 1. The molecule has 16 heavy (non-hydrogen) atoms. The monoisotopic (exact) mass is 227 g/mol. The Morgan fingerprint density at radius 3 is 2.56 bits per heavy atom. The molecule has 3 heteroatoms. The topological polar surface area (TPSA) is 32.7 Å². The normalized spacial score (nSPS) is 45.2. The molecule has 0 bridgehead atoms. The van der Waals surface area contributed by atoms with Gasteiger partial charge in [0.25, 0.3) is 0 Å². The van der Waals surface area contributed by atoms with Gasteiger partial charge in [-0.2, -0.15) is 0 Å². The van der Waals surface area contributed by atoms with E-state index in [2.05, 4.69) is 25.8 Å². The van der Waals surface area contributed by atoms with Crippen molar-refractivity contribution in [2.75, 3.05) is 20.3 Å². The van der Waals surface area contributed by atoms with Crippen LogP contribution in [-0.4, -0.2) is 48.5 Å². The molecule has 94 valence electrons. The molecule has 3 nitrogen and oxygen atoms in total. The molecular formula is C13H25NO2. The number of aliphatic hydroxyl groups is 1. The van der Waals surface area contributed by atoms with Crippen LogP contribution in [0.2, 0.25) is 0 Å². The van der Waals surface area contributed by atoms with Gasteiger partial charge in [-0.3, -0.25) is 4.90 Å². The lowest BCUT2D eigenvalue weighted by molar-refractivity contribution is -0.0310. The third-order valence-corrected chi connectivity index (χ3v) is 4.35. The first-order valence-corrected chi connectivity index (χ1v) is 6.57. The van der Waals surface area contributed by atoms with E-state index in [4.69, 9.17) is 4.74 Å². The number of hydrogen-bond donors (Lipinski definition) is 1. The summed E-state index contributed by atoms with van der Waals surface area (Å²) in [4.78, 5) is 2.37. The van der Waals surface area contributed by atoms with Crippen LogP contribution in [0.4, 0.5) is 0 Å². The van der Waals surface area contributed by atoms with Crippen LogP contribution in [0.25, 0.3) is 0 Å². The second-order valence-electron chi connectivity index (χ2n) is 5.79. The number of likely N-dealkylation sites (N-methyl/N-ethyl adjacent to an activating group) is 1. The summed E-state index contributed by atoms with van der Waals surface area (Å²) in [6.45, 7) is 6.23. The number of nitrogens with zero attached hydrogens (tertiary/aromatic N) is 1. The van der Waals surface area contributed by atoms with E-state index in [9.17, 15) is 5.11 Å². The highest BCUT2D eigenvalue weighted by Crippen LogP contribution is 2.33. The standard InChI is InChI=1S/C13H25NO2/c1-9-6-10(2)13(12(15)7-9)14(3)11-4-5-16-8-11/h9-13,15H,4-8H2,1-3H3. The van der Waals surface area contributed by atoms with Gasteiger partial charge in [0.15, 0.2) is 0 Å². The van der Waals surface area contributed by atoms with E-state index in [1.165, 1.54) is 6.42 Å². The van der Waals surface area contributed by atoms with Crippen molar-refractivity contribution < 1.29 is 9.84 Å². The van der Waals surface area contributed by atoms with Crippen molar-refractivity contribution in [2.45, 2.75) is 51.3 Å². The molecule has 1 aliphatic heterocycles. The summed E-state index contributed by atoms with van der Waals surface area (Å²) in [5.74, 6) is 1.25. The SMILES string of the molecule is CC1CC(C)C(N(C)C2CCOC2)C(O)C1. The van der Waals surface area contributed by atoms with Gasteiger partial charge in [0.1, 0.15) is 0 Å². The molecule has 5 unspecified atom stereocenters. The molecule has 0 amide bonds. The molecule has 0 radical (unpaired) electrons. The van der Waals surface area contributed by atoms with E-state index in [0.29, 0.717) is 23.9 Å². The summed E-state index contributed by atoms with van der Waals surface area (Å²) in [5, 5.41) is 10.3. The highest BCUT2D eigenvalue weighted by molar-refractivity contribution is 4.91. The molecule has 1 saturated carbocycles. The van der Waals surface area contributed by atoms with Gasteiger partial charge in [-0.15, -0.1) is 0 Å². The third kappa shape index (κ3) is 2.41. The zero-order chi connectivity index (χ0) is 11.7. The van der Waals surface area contributed by atoms with Crippen LogP contribution in [0, 0.1) is 11.8 Å². The average Bonchev–Trinajstić information content (AvgIpc) is 2.67. The molecule has 1 aliphatic carbocycles. The zero-order valence-electron chi connectivity index (χ0n) is 10.7. The molecule has 1 saturated heterocycles. The van der Waals surface area contributed by atoms with Crippen molar-refractivity contribution in [2.24, 2.45) is 11.8 Å². The Bertz CT molecular complexity index is 216. The van der Waals surface area contributed by atoms with Crippen LogP contribution in [0.3, 0.4) is 0 Å². The highest BCUT2D eigenvalue weighted by Gasteiger charge is 2.38. The summed E-state index contributed by atoms with van der Waals surface area (Å²) >= 11 is 0. The van der Waals surface area contributed by atoms with Gasteiger partial charge in [0.05, 0.1) is 12.7 Å². The van der Waals surface area contributed by atoms with E-state index in [1.807, 2.05) is 0 Å². The summed E-state index contributed by atoms with van der Waals surface area (Å²) in [6, 6.07) is 0.832. The summed E-state index contributed by atoms with van der Waals surface area (Å²) in [5.41, 5.74) is 0. The molecule has 1 heterocycles. The fourth-order valence-electron chi connectivity index (χ4n) is 3.56. The fraction of sp³-hybridized carbons (Fsp3) is 1.00. The Hall–Kier alpha value is -0.120. The Labute approximate surface area is 98.8 Å². The molecule has 2 fully saturated rings. The van der Waals surface area contributed by atoms with Gasteiger partial charge >= 0.3 is 0 Å². The van der Waals surface area contributed by atoms with Crippen molar-refractivity contribution in [3.63, 3.8) is 0 Å². The predicted octanol–water partition coefficient (Wildman–Crippen LogP) is 1.50. The van der Waals surface area contributed by atoms with Gasteiger partial charge in [-0.25, -0.2) is 0 Å². The second kappa shape index (κ2) is 5.03. The van der Waals surface area contributed by atoms with Crippen molar-refractivity contribution in [1.29, 1.82) is 0 Å². The second-order valence-corrected chi connectivity index (χ2v) is 5.79. The molecule has 2 rings (SSSR count). The van der Waals surface area contributed by atoms with Crippen LogP contribution in [-0.2, 0) is 4.74 Å². The average molecular weight is 227 g/mol. The van der Waals surface area contributed by atoms with Crippen molar-refractivity contribution in [1.82, 2.24) is 4.90 Å². The lowest BCUT2D eigenvalue weighted by Crippen LogP contribution is -2.53. The molecular weight excluding hydrogens is 202 g/mol. The van der Waals surface area contributed by atoms with Gasteiger partial charge in [-0.05, 0) is 38.1 Å². The molecule has 2 aliphatic rings. The Morgan fingerprint density at radius 1 is 1.25 bits per heavy atom. The number of hydrogen-bond acceptors (Lipinski definition) is 3. The van der Waals surface area contributed by atoms with Crippen LogP contribution in [0.5, 0.6) is 0 Å². The lowest BCUT2D eigenvalue weighted by atomic mass is 9.77. The van der Waals surface area contributed by atoms with Gasteiger partial charge < -0.3 is 9.84 Å². The minimum Gasteiger partial charge on any atom is -0.391 e. The fourth-order valence-corrected chi connectivity index (χ4v) is 3.56. The first kappa shape index (κ1) is 12.3. The lowest BCUT2D eigenvalue weighted by Gasteiger charge is -2.44. The zero-order valence-corrected chi connectivity index (χ0v) is 10.7. The van der Waals surface area contributed by atoms with Crippen molar-refractivity contribution in [3.8, 4) is 0 Å². The molecule has 0 aromatic carbocycles. The third-order valence-electron chi connectivity index (χ3n) is 4.35. The van der Waals surface area contributed by atoms with E-state index < -0.39 is 0 Å². The van der Waals surface area contributed by atoms with E-state index in [0.717, 1.165) is 26.1 Å². The maximum atomic E-state index is 10.3. The van der Waals surface area contributed by atoms with Gasteiger partial charge in [0, 0.05) is 18.7 Å². The number of aliphatic hydroxyl groups excluding tert-OH is 1. The molecule has 5 atom stereocenters. The molecule has 1 N–H and O–H groups in total. The van der Waals surface area contributed by atoms with Crippen LogP contribution in [0.1, 0.15) is 33.1 Å². The largest absolute Gasteiger partial charge is 0.391 e. The first-order valence-electron chi connectivity index (χ1n) is 6.57. The van der Waals surface area contributed by atoms with Crippen LogP contribution < -0.4 is 0 Å². The van der Waals surface area contributed by atoms with Crippen LogP contribution in [0.15, 0.2) is 0 Å². The molecule has 0 aromatic rings. The van der Waals surface area contributed by atoms with E-state index in [-0.39, 0.29) is 6.10 Å². The van der Waals surface area contributed by atoms with Gasteiger partial charge in [-0.1, -0.05) is 13.8 Å². The summed E-state index contributed by atoms with van der Waals surface area (Å²) < 4.78 is 5.44. The Kier molecular flexibility index (Phi) is 3.88. The van der Waals surface area contributed by atoms with Gasteiger partial charge in [0.2, 0.25) is 0 Å². The molecule has 0 aromatic heterocycles. The molecule has 0 spiro atoms. The predicted molar refractivity (Wildman–Crippen MR) is 64.3 cm³/mol. The summed E-state index contributed by atoms with van der Waals surface area (Å²) in [6.07, 6.45) is 3.14. The van der Waals surface area contributed by atoms with Crippen molar-refractivity contribution >= 4 is 0 Å². The smallest absolute Gasteiger partial charge is 0.0700 e. The quantitative estimate of drug-likeness (QED) is 0.776. The van der Waals surface area contributed by atoms with Crippen molar-refractivity contribution in [3.05, 3.63) is 0 Å². The van der Waals surface area contributed by atoms with E-state index in [1.54, 1.807) is 0 Å². The minimum atomic E-state index is -0.163. The maximum absolute atomic E-state index is 10.3. The maximum Gasteiger partial charge on any atom is 0.0700 e. The van der Waals surface area contributed by atoms with E-state index >= 15 is 0 Å². The minimum absolute atomic E-state index is 0.163. The van der Waals surface area contributed by atoms with Crippen LogP contribution >= 0.6 is 0 Å².